The normalized spacial score (nSPS) is 16.6. The molecule has 20 heavy (non-hydrogen) atoms. The SMILES string of the molecule is CNc1c(C)cc(OC)cc1C=NCC1CCCCC1. The molecule has 1 aliphatic carbocycles. The van der Waals surface area contributed by atoms with Gasteiger partial charge in [0.05, 0.1) is 7.11 Å². The van der Waals surface area contributed by atoms with Crippen molar-refractivity contribution in [1.29, 1.82) is 0 Å². The first-order valence-corrected chi connectivity index (χ1v) is 7.60. The minimum Gasteiger partial charge on any atom is -0.497 e. The third kappa shape index (κ3) is 3.75. The number of nitrogens with zero attached hydrogens (tertiary/aromatic N) is 1. The van der Waals surface area contributed by atoms with E-state index in [2.05, 4.69) is 17.2 Å². The maximum absolute atomic E-state index is 5.34. The molecule has 0 aliphatic heterocycles. The minimum atomic E-state index is 0.782. The van der Waals surface area contributed by atoms with Crippen molar-refractivity contribution >= 4 is 11.9 Å². The Morgan fingerprint density at radius 2 is 2.05 bits per heavy atom. The fraction of sp³-hybridized carbons (Fsp3) is 0.588. The summed E-state index contributed by atoms with van der Waals surface area (Å²) in [6.07, 6.45) is 8.83. The highest BCUT2D eigenvalue weighted by atomic mass is 16.5. The summed E-state index contributed by atoms with van der Waals surface area (Å²) in [5.41, 5.74) is 3.43. The second-order valence-corrected chi connectivity index (χ2v) is 5.66. The Morgan fingerprint density at radius 3 is 2.70 bits per heavy atom. The van der Waals surface area contributed by atoms with Crippen LogP contribution in [0.15, 0.2) is 17.1 Å². The Balaban J connectivity index is 2.08. The number of ether oxygens (including phenoxy) is 1. The molecule has 110 valence electrons. The summed E-state index contributed by atoms with van der Waals surface area (Å²) in [6, 6.07) is 4.09. The van der Waals surface area contributed by atoms with Gasteiger partial charge in [-0.15, -0.1) is 0 Å². The number of anilines is 1. The maximum atomic E-state index is 5.34. The van der Waals surface area contributed by atoms with Gasteiger partial charge in [-0.2, -0.15) is 0 Å². The summed E-state index contributed by atoms with van der Waals surface area (Å²) in [4.78, 5) is 4.67. The first-order chi connectivity index (χ1) is 9.74. The molecule has 0 bridgehead atoms. The highest BCUT2D eigenvalue weighted by molar-refractivity contribution is 5.89. The van der Waals surface area contributed by atoms with Crippen molar-refractivity contribution in [3.8, 4) is 5.75 Å². The standard InChI is InChI=1S/C17H26N2O/c1-13-9-16(20-3)10-15(17(13)18-2)12-19-11-14-7-5-4-6-8-14/h9-10,12,14,18H,4-8,11H2,1-3H3. The van der Waals surface area contributed by atoms with Crippen molar-refractivity contribution in [2.45, 2.75) is 39.0 Å². The van der Waals surface area contributed by atoms with Crippen LogP contribution in [0.25, 0.3) is 0 Å². The molecule has 2 rings (SSSR count). The zero-order chi connectivity index (χ0) is 14.4. The van der Waals surface area contributed by atoms with Crippen LogP contribution >= 0.6 is 0 Å². The van der Waals surface area contributed by atoms with Gasteiger partial charge in [0.1, 0.15) is 5.75 Å². The van der Waals surface area contributed by atoms with E-state index in [4.69, 9.17) is 4.74 Å². The number of nitrogens with one attached hydrogen (secondary N) is 1. The molecule has 0 saturated heterocycles. The second-order valence-electron chi connectivity index (χ2n) is 5.66. The number of aryl methyl sites for hydroxylation is 1. The van der Waals surface area contributed by atoms with Gasteiger partial charge >= 0.3 is 0 Å². The molecular formula is C17H26N2O. The Labute approximate surface area is 122 Å². The average Bonchev–Trinajstić information content (AvgIpc) is 2.48. The first kappa shape index (κ1) is 14.9. The summed E-state index contributed by atoms with van der Waals surface area (Å²) in [5.74, 6) is 1.67. The van der Waals surface area contributed by atoms with Crippen LogP contribution in [-0.2, 0) is 0 Å². The smallest absolute Gasteiger partial charge is 0.119 e. The van der Waals surface area contributed by atoms with E-state index in [0.29, 0.717) is 0 Å². The van der Waals surface area contributed by atoms with Crippen molar-refractivity contribution in [3.63, 3.8) is 0 Å². The first-order valence-electron chi connectivity index (χ1n) is 7.60. The fourth-order valence-electron chi connectivity index (χ4n) is 3.01. The van der Waals surface area contributed by atoms with E-state index in [-0.39, 0.29) is 0 Å². The number of rotatable bonds is 5. The molecule has 0 unspecified atom stereocenters. The van der Waals surface area contributed by atoms with E-state index in [1.54, 1.807) is 7.11 Å². The summed E-state index contributed by atoms with van der Waals surface area (Å²) in [7, 11) is 3.66. The Bertz CT molecular complexity index is 462. The third-order valence-electron chi connectivity index (χ3n) is 4.14. The predicted octanol–water partition coefficient (Wildman–Crippen LogP) is 4.04. The number of hydrogen-bond acceptors (Lipinski definition) is 3. The molecule has 1 N–H and O–H groups in total. The highest BCUT2D eigenvalue weighted by Crippen LogP contribution is 2.26. The molecule has 1 aliphatic rings. The fourth-order valence-corrected chi connectivity index (χ4v) is 3.01. The van der Waals surface area contributed by atoms with E-state index >= 15 is 0 Å². The molecule has 1 fully saturated rings. The maximum Gasteiger partial charge on any atom is 0.119 e. The van der Waals surface area contributed by atoms with Gasteiger partial charge in [-0.1, -0.05) is 19.3 Å². The summed E-state index contributed by atoms with van der Waals surface area (Å²) < 4.78 is 5.34. The highest BCUT2D eigenvalue weighted by Gasteiger charge is 2.12. The molecule has 1 aromatic rings. The lowest BCUT2D eigenvalue weighted by Gasteiger charge is -2.19. The molecule has 0 amide bonds. The zero-order valence-electron chi connectivity index (χ0n) is 12.9. The van der Waals surface area contributed by atoms with Crippen LogP contribution in [0.4, 0.5) is 5.69 Å². The summed E-state index contributed by atoms with van der Waals surface area (Å²) >= 11 is 0. The van der Waals surface area contributed by atoms with Gasteiger partial charge < -0.3 is 10.1 Å². The van der Waals surface area contributed by atoms with Crippen molar-refractivity contribution in [2.24, 2.45) is 10.9 Å². The van der Waals surface area contributed by atoms with E-state index in [9.17, 15) is 0 Å². The Morgan fingerprint density at radius 1 is 1.30 bits per heavy atom. The lowest BCUT2D eigenvalue weighted by atomic mass is 9.89. The van der Waals surface area contributed by atoms with Crippen molar-refractivity contribution in [3.05, 3.63) is 23.3 Å². The van der Waals surface area contributed by atoms with Crippen molar-refractivity contribution in [2.75, 3.05) is 26.0 Å². The number of methoxy groups -OCH3 is 1. The van der Waals surface area contributed by atoms with E-state index < -0.39 is 0 Å². The monoisotopic (exact) mass is 274 g/mol. The summed E-state index contributed by atoms with van der Waals surface area (Å²) in [5, 5.41) is 3.26. The van der Waals surface area contributed by atoms with Gasteiger partial charge in [0, 0.05) is 31.1 Å². The van der Waals surface area contributed by atoms with Crippen molar-refractivity contribution in [1.82, 2.24) is 0 Å². The molecule has 0 radical (unpaired) electrons. The van der Waals surface area contributed by atoms with E-state index in [0.717, 1.165) is 29.5 Å². The van der Waals surface area contributed by atoms with E-state index in [1.807, 2.05) is 25.4 Å². The van der Waals surface area contributed by atoms with Crippen LogP contribution in [0.5, 0.6) is 5.75 Å². The molecule has 0 heterocycles. The molecule has 1 saturated carbocycles. The van der Waals surface area contributed by atoms with Crippen LogP contribution in [-0.4, -0.2) is 26.9 Å². The quantitative estimate of drug-likeness (QED) is 0.822. The van der Waals surface area contributed by atoms with Crippen LogP contribution in [0.1, 0.15) is 43.2 Å². The Hall–Kier alpha value is -1.51. The molecular weight excluding hydrogens is 248 g/mol. The molecule has 0 atom stereocenters. The van der Waals surface area contributed by atoms with Crippen LogP contribution < -0.4 is 10.1 Å². The summed E-state index contributed by atoms with van der Waals surface area (Å²) in [6.45, 7) is 3.05. The molecule has 0 aromatic heterocycles. The van der Waals surface area contributed by atoms with Gasteiger partial charge in [-0.25, -0.2) is 0 Å². The number of benzene rings is 1. The number of hydrogen-bond donors (Lipinski definition) is 1. The molecule has 1 aromatic carbocycles. The minimum absolute atomic E-state index is 0.782. The van der Waals surface area contributed by atoms with Crippen molar-refractivity contribution < 1.29 is 4.74 Å². The molecule has 0 spiro atoms. The van der Waals surface area contributed by atoms with E-state index in [1.165, 1.54) is 37.7 Å². The molecule has 3 heteroatoms. The predicted molar refractivity (Wildman–Crippen MR) is 86.3 cm³/mol. The molecule has 3 nitrogen and oxygen atoms in total. The third-order valence-corrected chi connectivity index (χ3v) is 4.14. The average molecular weight is 274 g/mol. The Kier molecular flexibility index (Phi) is 5.45. The van der Waals surface area contributed by atoms with Gasteiger partial charge in [-0.3, -0.25) is 4.99 Å². The van der Waals surface area contributed by atoms with Crippen LogP contribution in [0.2, 0.25) is 0 Å². The van der Waals surface area contributed by atoms with Crippen LogP contribution in [0, 0.1) is 12.8 Å². The van der Waals surface area contributed by atoms with Gasteiger partial charge in [0.15, 0.2) is 0 Å². The topological polar surface area (TPSA) is 33.6 Å². The van der Waals surface area contributed by atoms with Gasteiger partial charge in [0.25, 0.3) is 0 Å². The van der Waals surface area contributed by atoms with Gasteiger partial charge in [-0.05, 0) is 43.4 Å². The van der Waals surface area contributed by atoms with Crippen LogP contribution in [0.3, 0.4) is 0 Å². The lowest BCUT2D eigenvalue weighted by molar-refractivity contribution is 0.367. The number of aliphatic imine (C=N–C) groups is 1. The largest absolute Gasteiger partial charge is 0.497 e. The van der Waals surface area contributed by atoms with Gasteiger partial charge in [0.2, 0.25) is 0 Å². The zero-order valence-corrected chi connectivity index (χ0v) is 12.9. The lowest BCUT2D eigenvalue weighted by Crippen LogP contribution is -2.09. The second kappa shape index (κ2) is 7.32.